The van der Waals surface area contributed by atoms with Crippen LogP contribution in [0.25, 0.3) is 11.0 Å². The van der Waals surface area contributed by atoms with E-state index in [1.54, 1.807) is 43.8 Å². The number of nitrogens with one attached hydrogen (secondary N) is 2. The van der Waals surface area contributed by atoms with E-state index in [4.69, 9.17) is 14.2 Å². The van der Waals surface area contributed by atoms with Crippen molar-refractivity contribution in [1.29, 1.82) is 0 Å². The Kier molecular flexibility index (Phi) is 8.45. The fourth-order valence-corrected chi connectivity index (χ4v) is 5.50. The molecule has 0 fully saturated rings. The first kappa shape index (κ1) is 25.9. The number of hydrogen-bond acceptors (Lipinski definition) is 5. The van der Waals surface area contributed by atoms with Crippen LogP contribution < -0.4 is 10.1 Å². The quantitative estimate of drug-likeness (QED) is 0.275. The molecule has 0 aliphatic rings. The number of imidazole rings is 1. The number of amides is 1. The molecule has 1 heterocycles. The molecule has 0 radical (unpaired) electrons. The van der Waals surface area contributed by atoms with E-state index in [0.717, 1.165) is 29.7 Å². The van der Waals surface area contributed by atoms with Gasteiger partial charge in [-0.15, -0.1) is 0 Å². The van der Waals surface area contributed by atoms with Crippen molar-refractivity contribution in [2.45, 2.75) is 44.3 Å². The molecule has 3 aromatic rings. The first-order valence-corrected chi connectivity index (χ1v) is 14.9. The van der Waals surface area contributed by atoms with Gasteiger partial charge in [0.2, 0.25) is 0 Å². The van der Waals surface area contributed by atoms with Gasteiger partial charge in [-0.1, -0.05) is 26.1 Å². The van der Waals surface area contributed by atoms with Gasteiger partial charge in [0.05, 0.1) is 32.5 Å². The Balaban J connectivity index is 1.90. The lowest BCUT2D eigenvalue weighted by molar-refractivity contribution is -0.0676. The molecule has 9 heteroatoms. The van der Waals surface area contributed by atoms with Gasteiger partial charge in [0.1, 0.15) is 0 Å². The van der Waals surface area contributed by atoms with Crippen molar-refractivity contribution in [2.75, 3.05) is 27.4 Å². The minimum atomic E-state index is -1.55. The smallest absolute Gasteiger partial charge is 0.253 e. The standard InChI is InChI=1S/C25H34FN3O4Si/c1-6-25(19-8-9-20(26)23(16-19)32-3,33-12-14-34(4,5)13-11-31-2)29-24(30)18-7-10-21-22(15-18)28-17-27-21/h7-10,15-17H,6,11-14H2,1-5H3,(H,27,28)(H,29,30). The number of aromatic nitrogens is 2. The minimum absolute atomic E-state index is 0.0989. The van der Waals surface area contributed by atoms with Gasteiger partial charge in [-0.3, -0.25) is 4.79 Å². The summed E-state index contributed by atoms with van der Waals surface area (Å²) in [4.78, 5) is 20.6. The lowest BCUT2D eigenvalue weighted by Crippen LogP contribution is -2.48. The molecule has 184 valence electrons. The van der Waals surface area contributed by atoms with Crippen LogP contribution >= 0.6 is 0 Å². The van der Waals surface area contributed by atoms with Crippen LogP contribution in [0.15, 0.2) is 42.7 Å². The van der Waals surface area contributed by atoms with Crippen LogP contribution in [0.2, 0.25) is 25.2 Å². The second kappa shape index (κ2) is 11.1. The summed E-state index contributed by atoms with van der Waals surface area (Å²) in [6.07, 6.45) is 2.03. The zero-order valence-electron chi connectivity index (χ0n) is 20.5. The number of fused-ring (bicyclic) bond motifs is 1. The highest BCUT2D eigenvalue weighted by Gasteiger charge is 2.35. The summed E-state index contributed by atoms with van der Waals surface area (Å²) in [5.74, 6) is -0.667. The Morgan fingerprint density at radius 3 is 2.62 bits per heavy atom. The Labute approximate surface area is 201 Å². The fraction of sp³-hybridized carbons (Fsp3) is 0.440. The second-order valence-corrected chi connectivity index (χ2v) is 14.5. The maximum Gasteiger partial charge on any atom is 0.253 e. The first-order valence-electron chi connectivity index (χ1n) is 11.5. The van der Waals surface area contributed by atoms with Gasteiger partial charge >= 0.3 is 0 Å². The summed E-state index contributed by atoms with van der Waals surface area (Å²) in [6.45, 7) is 7.70. The number of benzene rings is 2. The molecule has 0 saturated heterocycles. The van der Waals surface area contributed by atoms with E-state index in [9.17, 15) is 9.18 Å². The normalized spacial score (nSPS) is 13.6. The highest BCUT2D eigenvalue weighted by Crippen LogP contribution is 2.32. The van der Waals surface area contributed by atoms with E-state index < -0.39 is 19.6 Å². The van der Waals surface area contributed by atoms with Gasteiger partial charge in [0, 0.05) is 31.5 Å². The fourth-order valence-electron chi connectivity index (χ4n) is 3.83. The van der Waals surface area contributed by atoms with E-state index >= 15 is 0 Å². The molecule has 1 atom stereocenters. The number of rotatable bonds is 12. The molecule has 3 rings (SSSR count). The highest BCUT2D eigenvalue weighted by molar-refractivity contribution is 6.77. The molecule has 7 nitrogen and oxygen atoms in total. The molecule has 0 aliphatic carbocycles. The highest BCUT2D eigenvalue weighted by atomic mass is 28.3. The topological polar surface area (TPSA) is 85.5 Å². The van der Waals surface area contributed by atoms with E-state index in [1.807, 2.05) is 6.92 Å². The Morgan fingerprint density at radius 2 is 1.91 bits per heavy atom. The first-order chi connectivity index (χ1) is 16.2. The average molecular weight is 488 g/mol. The summed E-state index contributed by atoms with van der Waals surface area (Å²) < 4.78 is 31.1. The predicted molar refractivity (Wildman–Crippen MR) is 133 cm³/mol. The molecular formula is C25H34FN3O4Si. The molecular weight excluding hydrogens is 453 g/mol. The number of H-pyrrole nitrogens is 1. The number of methoxy groups -OCH3 is 2. The maximum atomic E-state index is 14.2. The molecule has 0 aliphatic heterocycles. The van der Waals surface area contributed by atoms with Gasteiger partial charge in [-0.25, -0.2) is 9.37 Å². The van der Waals surface area contributed by atoms with E-state index in [2.05, 4.69) is 28.4 Å². The molecule has 2 N–H and O–H groups in total. The van der Waals surface area contributed by atoms with Gasteiger partial charge < -0.3 is 24.5 Å². The number of hydrogen-bond donors (Lipinski definition) is 2. The van der Waals surface area contributed by atoms with Crippen molar-refractivity contribution in [3.63, 3.8) is 0 Å². The van der Waals surface area contributed by atoms with Gasteiger partial charge in [0.15, 0.2) is 17.3 Å². The van der Waals surface area contributed by atoms with E-state index in [-0.39, 0.29) is 11.7 Å². The zero-order valence-corrected chi connectivity index (χ0v) is 21.5. The summed E-state index contributed by atoms with van der Waals surface area (Å²) in [5.41, 5.74) is 1.50. The lowest BCUT2D eigenvalue weighted by atomic mass is 9.98. The SMILES string of the molecule is CCC(NC(=O)c1ccc2nc[nH]c2c1)(OCC[Si](C)(C)CCOC)c1ccc(F)c(OC)c1. The van der Waals surface area contributed by atoms with Crippen molar-refractivity contribution < 1.29 is 23.4 Å². The van der Waals surface area contributed by atoms with Gasteiger partial charge in [-0.05, 0) is 48.8 Å². The summed E-state index contributed by atoms with van der Waals surface area (Å²) in [5, 5.41) is 3.09. The summed E-state index contributed by atoms with van der Waals surface area (Å²) in [7, 11) is 1.58. The molecule has 1 aromatic heterocycles. The molecule has 0 bridgehead atoms. The van der Waals surface area contributed by atoms with E-state index in [1.165, 1.54) is 13.2 Å². The number of nitrogens with zero attached hydrogens (tertiary/aromatic N) is 1. The van der Waals surface area contributed by atoms with Crippen LogP contribution in [-0.2, 0) is 15.2 Å². The molecule has 0 saturated carbocycles. The molecule has 1 amide bonds. The van der Waals surface area contributed by atoms with Crippen molar-refractivity contribution in [1.82, 2.24) is 15.3 Å². The molecule has 0 spiro atoms. The third-order valence-electron chi connectivity index (χ3n) is 6.22. The van der Waals surface area contributed by atoms with Crippen LogP contribution in [0, 0.1) is 5.82 Å². The summed E-state index contributed by atoms with van der Waals surface area (Å²) >= 11 is 0. The Bertz CT molecular complexity index is 1120. The molecule has 1 unspecified atom stereocenters. The number of carbonyl (C=O) groups is 1. The third kappa shape index (κ3) is 6.02. The van der Waals surface area contributed by atoms with Gasteiger partial charge in [0.25, 0.3) is 5.91 Å². The van der Waals surface area contributed by atoms with Crippen molar-refractivity contribution in [2.24, 2.45) is 0 Å². The maximum absolute atomic E-state index is 14.2. The average Bonchev–Trinajstić information content (AvgIpc) is 3.30. The van der Waals surface area contributed by atoms with Crippen LogP contribution in [0.1, 0.15) is 29.3 Å². The Morgan fingerprint density at radius 1 is 1.15 bits per heavy atom. The minimum Gasteiger partial charge on any atom is -0.494 e. The third-order valence-corrected chi connectivity index (χ3v) is 9.34. The number of halogens is 1. The monoisotopic (exact) mass is 487 g/mol. The largest absolute Gasteiger partial charge is 0.494 e. The Hall–Kier alpha value is -2.75. The number of carbonyl (C=O) groups excluding carboxylic acids is 1. The molecule has 34 heavy (non-hydrogen) atoms. The predicted octanol–water partition coefficient (Wildman–Crippen LogP) is 5.07. The van der Waals surface area contributed by atoms with Gasteiger partial charge in [-0.2, -0.15) is 0 Å². The van der Waals surface area contributed by atoms with E-state index in [0.29, 0.717) is 24.2 Å². The zero-order chi connectivity index (χ0) is 24.8. The lowest BCUT2D eigenvalue weighted by Gasteiger charge is -2.36. The van der Waals surface area contributed by atoms with Crippen molar-refractivity contribution in [3.05, 3.63) is 59.7 Å². The van der Waals surface area contributed by atoms with Crippen LogP contribution in [0.4, 0.5) is 4.39 Å². The molecule has 2 aromatic carbocycles. The second-order valence-electron chi connectivity index (χ2n) is 9.12. The van der Waals surface area contributed by atoms with Crippen molar-refractivity contribution in [3.8, 4) is 5.75 Å². The summed E-state index contributed by atoms with van der Waals surface area (Å²) in [6, 6.07) is 11.7. The van der Waals surface area contributed by atoms with Crippen LogP contribution in [-0.4, -0.2) is 51.4 Å². The van der Waals surface area contributed by atoms with Crippen LogP contribution in [0.5, 0.6) is 5.75 Å². The number of aromatic amines is 1. The van der Waals surface area contributed by atoms with Crippen LogP contribution in [0.3, 0.4) is 0 Å². The van der Waals surface area contributed by atoms with Crippen molar-refractivity contribution >= 4 is 25.0 Å². The number of ether oxygens (including phenoxy) is 3.